The third-order valence-corrected chi connectivity index (χ3v) is 6.59. The lowest BCUT2D eigenvalue weighted by Crippen LogP contribution is -2.36. The van der Waals surface area contributed by atoms with E-state index >= 15 is 0 Å². The summed E-state index contributed by atoms with van der Waals surface area (Å²) in [6.07, 6.45) is 35.7. The van der Waals surface area contributed by atoms with Crippen molar-refractivity contribution in [2.24, 2.45) is 0 Å². The highest BCUT2D eigenvalue weighted by molar-refractivity contribution is 5.60. The fraction of sp³-hybridized carbons (Fsp3) is 0.867. The molecule has 0 fully saturated rings. The summed E-state index contributed by atoms with van der Waals surface area (Å²) in [5.74, 6) is 0.315. The van der Waals surface area contributed by atoms with Crippen molar-refractivity contribution in [1.29, 1.82) is 0 Å². The number of nitrogens with zero attached hydrogens (tertiary/aromatic N) is 1. The number of hydrogen-bond donors (Lipinski definition) is 1. The summed E-state index contributed by atoms with van der Waals surface area (Å²) < 4.78 is 2.41. The van der Waals surface area contributed by atoms with E-state index in [9.17, 15) is 0 Å². The van der Waals surface area contributed by atoms with E-state index in [1.807, 2.05) is 0 Å². The molecule has 0 radical (unpaired) electrons. The zero-order valence-corrected chi connectivity index (χ0v) is 23.2. The van der Waals surface area contributed by atoms with Gasteiger partial charge in [-0.15, -0.1) is 0 Å². The third-order valence-electron chi connectivity index (χ3n) is 6.59. The van der Waals surface area contributed by atoms with E-state index in [1.54, 1.807) is 0 Å². The number of nitrogens with one attached hydrogen (secondary N) is 1. The Balaban J connectivity index is 0.00000251. The molecule has 4 nitrogen and oxygen atoms in total. The number of carbonyl (C=O) groups is 1. The topological polar surface area (TPSA) is 59.8 Å². The predicted octanol–water partition coefficient (Wildman–Crippen LogP) is 7.83. The summed E-state index contributed by atoms with van der Waals surface area (Å²) in [6, 6.07) is 0. The first kappa shape index (κ1) is 32.7. The summed E-state index contributed by atoms with van der Waals surface area (Å²) in [5.41, 5.74) is 0. The average molecular weight is 479 g/mol. The van der Waals surface area contributed by atoms with E-state index in [4.69, 9.17) is 9.90 Å². The van der Waals surface area contributed by atoms with Gasteiger partial charge in [-0.2, -0.15) is 0 Å². The summed E-state index contributed by atoms with van der Waals surface area (Å²) in [7, 11) is 0. The number of aryl methyl sites for hydroxylation is 2. The number of carbonyl (C=O) groups excluding carboxylic acids is 1. The molecular formula is C30H58N2O2. The van der Waals surface area contributed by atoms with Crippen LogP contribution >= 0.6 is 0 Å². The highest BCUT2D eigenvalue weighted by Crippen LogP contribution is 2.14. The Labute approximate surface area is 212 Å². The van der Waals surface area contributed by atoms with Crippen LogP contribution in [0.4, 0.5) is 0 Å². The number of unbranched alkanes of at least 4 members (excludes halogenated alkanes) is 19. The van der Waals surface area contributed by atoms with E-state index in [0.29, 0.717) is 0 Å². The maximum Gasteiger partial charge on any atom is 0.254 e. The number of aromatic amines is 1. The van der Waals surface area contributed by atoms with Crippen LogP contribution in [0.5, 0.6) is 0 Å². The molecule has 0 aliphatic rings. The van der Waals surface area contributed by atoms with Crippen molar-refractivity contribution < 1.29 is 14.5 Å². The molecule has 1 aromatic heterocycles. The Morgan fingerprint density at radius 1 is 0.676 bits per heavy atom. The van der Waals surface area contributed by atoms with E-state index in [2.05, 4.69) is 35.8 Å². The summed E-state index contributed by atoms with van der Waals surface area (Å²) in [5, 5.41) is 8.89. The maximum absolute atomic E-state index is 8.89. The van der Waals surface area contributed by atoms with Crippen LogP contribution in [-0.4, -0.2) is 11.0 Å². The van der Waals surface area contributed by atoms with Crippen molar-refractivity contribution in [3.8, 4) is 0 Å². The Morgan fingerprint density at radius 2 is 1.03 bits per heavy atom. The first-order chi connectivity index (χ1) is 16.6. The summed E-state index contributed by atoms with van der Waals surface area (Å²) in [6.45, 7) is 6.72. The molecule has 0 aliphatic heterocycles. The van der Waals surface area contributed by atoms with Gasteiger partial charge in [-0.3, -0.25) is 0 Å². The van der Waals surface area contributed by atoms with Crippen LogP contribution in [-0.2, 0) is 17.8 Å². The summed E-state index contributed by atoms with van der Waals surface area (Å²) >= 11 is 0. The minimum Gasteiger partial charge on any atom is -0.550 e. The van der Waals surface area contributed by atoms with Crippen LogP contribution in [0.25, 0.3) is 0 Å². The lowest BCUT2D eigenvalue weighted by atomic mass is 10.0. The van der Waals surface area contributed by atoms with Gasteiger partial charge >= 0.3 is 0 Å². The van der Waals surface area contributed by atoms with Crippen LogP contribution in [0.15, 0.2) is 12.4 Å². The minimum atomic E-state index is -1.08. The number of hydrogen-bond acceptors (Lipinski definition) is 2. The number of aliphatic carboxylic acids is 1. The molecule has 1 N–H and O–H groups in total. The van der Waals surface area contributed by atoms with E-state index < -0.39 is 5.97 Å². The smallest absolute Gasteiger partial charge is 0.254 e. The zero-order chi connectivity index (χ0) is 25.1. The normalized spacial score (nSPS) is 10.8. The Kier molecular flexibility index (Phi) is 25.3. The number of H-pyrrole nitrogens is 1. The lowest BCUT2D eigenvalue weighted by molar-refractivity contribution is -0.703. The van der Waals surface area contributed by atoms with Gasteiger partial charge in [-0.1, -0.05) is 129 Å². The molecule has 1 rings (SSSR count). The van der Waals surface area contributed by atoms with Gasteiger partial charge in [0.25, 0.3) is 5.82 Å². The fourth-order valence-electron chi connectivity index (χ4n) is 4.60. The van der Waals surface area contributed by atoms with Gasteiger partial charge in [-0.25, -0.2) is 9.55 Å². The van der Waals surface area contributed by atoms with E-state index in [1.165, 1.54) is 154 Å². The number of aromatic nitrogens is 2. The van der Waals surface area contributed by atoms with Gasteiger partial charge in [-0.05, 0) is 26.2 Å². The number of carboxylic acid groups (broad SMARTS) is 1. The first-order valence-electron chi connectivity index (χ1n) is 14.8. The van der Waals surface area contributed by atoms with Gasteiger partial charge in [0.15, 0.2) is 0 Å². The Morgan fingerprint density at radius 3 is 1.38 bits per heavy atom. The van der Waals surface area contributed by atoms with Gasteiger partial charge in [0.2, 0.25) is 0 Å². The maximum atomic E-state index is 8.89. The molecule has 0 amide bonds. The second-order valence-electron chi connectivity index (χ2n) is 10.1. The average Bonchev–Trinajstić information content (AvgIpc) is 3.24. The Bertz CT molecular complexity index is 538. The number of rotatable bonds is 23. The van der Waals surface area contributed by atoms with Gasteiger partial charge in [0.1, 0.15) is 12.4 Å². The SMILES string of the molecule is CC(=O)[O-].CCCCCCCCCCCCCCCCCCCCCC[n+]1cc[nH]c1CCC. The molecule has 0 saturated carbocycles. The van der Waals surface area contributed by atoms with Crippen LogP contribution in [0.2, 0.25) is 0 Å². The zero-order valence-electron chi connectivity index (χ0n) is 23.2. The molecular weight excluding hydrogens is 420 g/mol. The standard InChI is InChI=1S/C28H54N2.C2H4O2/c1-3-5-6-7-8-9-10-11-12-13-14-15-16-17-18-19-20-21-22-23-26-30-27-25-29-28(30)24-4-2;1-2(3)4/h25,27H,3-24,26H2,1-2H3;1H3,(H,3,4). The monoisotopic (exact) mass is 478 g/mol. The second-order valence-corrected chi connectivity index (χ2v) is 10.1. The lowest BCUT2D eigenvalue weighted by Gasteiger charge is -2.04. The Hall–Kier alpha value is -1.32. The first-order valence-corrected chi connectivity index (χ1v) is 14.8. The van der Waals surface area contributed by atoms with Gasteiger partial charge in [0.05, 0.1) is 6.54 Å². The summed E-state index contributed by atoms with van der Waals surface area (Å²) in [4.78, 5) is 12.3. The van der Waals surface area contributed by atoms with Crippen molar-refractivity contribution in [2.75, 3.05) is 0 Å². The molecule has 0 bridgehead atoms. The van der Waals surface area contributed by atoms with Gasteiger partial charge < -0.3 is 9.90 Å². The molecule has 200 valence electrons. The molecule has 0 spiro atoms. The molecule has 0 aliphatic carbocycles. The van der Waals surface area contributed by atoms with E-state index in [-0.39, 0.29) is 0 Å². The van der Waals surface area contributed by atoms with Gasteiger partial charge in [0, 0.05) is 12.4 Å². The van der Waals surface area contributed by atoms with Crippen molar-refractivity contribution in [1.82, 2.24) is 4.98 Å². The molecule has 34 heavy (non-hydrogen) atoms. The van der Waals surface area contributed by atoms with Crippen molar-refractivity contribution in [2.45, 2.75) is 169 Å². The molecule has 0 atom stereocenters. The van der Waals surface area contributed by atoms with Crippen molar-refractivity contribution >= 4 is 5.97 Å². The molecule has 0 unspecified atom stereocenters. The second kappa shape index (κ2) is 26.3. The highest BCUT2D eigenvalue weighted by Gasteiger charge is 2.08. The molecule has 0 aromatic carbocycles. The quantitative estimate of drug-likeness (QED) is 0.129. The van der Waals surface area contributed by atoms with E-state index in [0.717, 1.165) is 6.92 Å². The fourth-order valence-corrected chi connectivity index (χ4v) is 4.60. The number of carboxylic acids is 1. The predicted molar refractivity (Wildman–Crippen MR) is 144 cm³/mol. The molecule has 0 saturated heterocycles. The van der Waals surface area contributed by atoms with Crippen molar-refractivity contribution in [3.05, 3.63) is 18.2 Å². The van der Waals surface area contributed by atoms with Crippen LogP contribution in [0.3, 0.4) is 0 Å². The van der Waals surface area contributed by atoms with Crippen molar-refractivity contribution in [3.63, 3.8) is 0 Å². The number of imidazole rings is 1. The largest absolute Gasteiger partial charge is 0.550 e. The molecule has 4 heteroatoms. The molecule has 1 aromatic rings. The van der Waals surface area contributed by atoms with Crippen LogP contribution < -0.4 is 9.67 Å². The third kappa shape index (κ3) is 23.8. The highest BCUT2D eigenvalue weighted by atomic mass is 16.4. The van der Waals surface area contributed by atoms with Crippen LogP contribution in [0.1, 0.15) is 161 Å². The molecule has 1 heterocycles. The van der Waals surface area contributed by atoms with Crippen LogP contribution in [0, 0.1) is 0 Å². The minimum absolute atomic E-state index is 0.972.